The summed E-state index contributed by atoms with van der Waals surface area (Å²) < 4.78 is 8.38. The van der Waals surface area contributed by atoms with Crippen molar-refractivity contribution >= 4 is 33.0 Å². The molecule has 0 saturated heterocycles. The Morgan fingerprint density at radius 3 is 2.95 bits per heavy atom. The van der Waals surface area contributed by atoms with Gasteiger partial charge >= 0.3 is 0 Å². The van der Waals surface area contributed by atoms with E-state index in [-0.39, 0.29) is 6.10 Å². The molecule has 0 spiro atoms. The Hall–Kier alpha value is -1.14. The Labute approximate surface area is 121 Å². The highest BCUT2D eigenvalue weighted by molar-refractivity contribution is 9.10. The summed E-state index contributed by atoms with van der Waals surface area (Å²) in [6.45, 7) is 5.69. The third-order valence-electron chi connectivity index (χ3n) is 2.81. The molecule has 0 fully saturated rings. The lowest BCUT2D eigenvalue weighted by Gasteiger charge is -2.08. The van der Waals surface area contributed by atoms with Crippen LogP contribution in [0.25, 0.3) is 11.2 Å². The maximum absolute atomic E-state index is 5.93. The standard InChI is InChI=1S/C13H19BrN4O/c1-9(2)19-6-4-3-5-18-12-11(17-13(18)15)7-10(14)8-16-12/h7-9H,3-6H2,1-2H3,(H2,15,17). The van der Waals surface area contributed by atoms with Crippen molar-refractivity contribution in [2.45, 2.75) is 39.3 Å². The second kappa shape index (κ2) is 6.34. The Morgan fingerprint density at radius 1 is 1.42 bits per heavy atom. The van der Waals surface area contributed by atoms with Crippen LogP contribution in [0.5, 0.6) is 0 Å². The van der Waals surface area contributed by atoms with Crippen LogP contribution in [0, 0.1) is 0 Å². The van der Waals surface area contributed by atoms with Crippen LogP contribution < -0.4 is 5.73 Å². The first-order valence-electron chi connectivity index (χ1n) is 6.47. The van der Waals surface area contributed by atoms with Gasteiger partial charge in [-0.15, -0.1) is 0 Å². The molecule has 2 N–H and O–H groups in total. The second-order valence-corrected chi connectivity index (χ2v) is 5.66. The third-order valence-corrected chi connectivity index (χ3v) is 3.24. The smallest absolute Gasteiger partial charge is 0.202 e. The highest BCUT2D eigenvalue weighted by atomic mass is 79.9. The zero-order chi connectivity index (χ0) is 13.8. The van der Waals surface area contributed by atoms with Gasteiger partial charge in [-0.2, -0.15) is 0 Å². The van der Waals surface area contributed by atoms with Gasteiger partial charge in [0.1, 0.15) is 5.52 Å². The molecule has 0 aliphatic carbocycles. The van der Waals surface area contributed by atoms with Crippen LogP contribution in [-0.4, -0.2) is 27.2 Å². The van der Waals surface area contributed by atoms with E-state index < -0.39 is 0 Å². The van der Waals surface area contributed by atoms with E-state index in [1.165, 1.54) is 0 Å². The number of nitrogens with zero attached hydrogens (tertiary/aromatic N) is 3. The molecule has 0 aliphatic heterocycles. The van der Waals surface area contributed by atoms with E-state index in [4.69, 9.17) is 10.5 Å². The molecule has 0 radical (unpaired) electrons. The lowest BCUT2D eigenvalue weighted by molar-refractivity contribution is 0.0755. The molecule has 2 rings (SSSR count). The second-order valence-electron chi connectivity index (χ2n) is 4.74. The van der Waals surface area contributed by atoms with Crippen molar-refractivity contribution in [2.24, 2.45) is 0 Å². The molecule has 19 heavy (non-hydrogen) atoms. The van der Waals surface area contributed by atoms with Crippen LogP contribution in [-0.2, 0) is 11.3 Å². The monoisotopic (exact) mass is 326 g/mol. The first-order valence-corrected chi connectivity index (χ1v) is 7.26. The van der Waals surface area contributed by atoms with Gasteiger partial charge in [0.05, 0.1) is 6.10 Å². The van der Waals surface area contributed by atoms with Gasteiger partial charge in [0, 0.05) is 23.8 Å². The highest BCUT2D eigenvalue weighted by Gasteiger charge is 2.09. The number of nitrogen functional groups attached to an aromatic ring is 1. The molecule has 0 bridgehead atoms. The minimum absolute atomic E-state index is 0.290. The maximum atomic E-state index is 5.93. The summed E-state index contributed by atoms with van der Waals surface area (Å²) in [7, 11) is 0. The lowest BCUT2D eigenvalue weighted by atomic mass is 10.3. The normalized spacial score (nSPS) is 11.6. The molecule has 2 heterocycles. The average Bonchev–Trinajstić information content (AvgIpc) is 2.64. The van der Waals surface area contributed by atoms with Gasteiger partial charge in [-0.1, -0.05) is 0 Å². The Kier molecular flexibility index (Phi) is 4.76. The quantitative estimate of drug-likeness (QED) is 0.829. The van der Waals surface area contributed by atoms with Crippen molar-refractivity contribution in [1.29, 1.82) is 0 Å². The van der Waals surface area contributed by atoms with Gasteiger partial charge in [0.25, 0.3) is 0 Å². The van der Waals surface area contributed by atoms with Gasteiger partial charge in [0.2, 0.25) is 5.95 Å². The predicted molar refractivity (Wildman–Crippen MR) is 80.0 cm³/mol. The van der Waals surface area contributed by atoms with E-state index in [9.17, 15) is 0 Å². The minimum Gasteiger partial charge on any atom is -0.379 e. The van der Waals surface area contributed by atoms with Crippen LogP contribution >= 0.6 is 15.9 Å². The first-order chi connectivity index (χ1) is 9.08. The number of pyridine rings is 1. The van der Waals surface area contributed by atoms with E-state index in [0.29, 0.717) is 5.95 Å². The summed E-state index contributed by atoms with van der Waals surface area (Å²) in [4.78, 5) is 8.69. The number of halogens is 1. The first kappa shape index (κ1) is 14.3. The molecule has 2 aromatic rings. The SMILES string of the molecule is CC(C)OCCCCn1c(N)nc2cc(Br)cnc21. The molecule has 2 aromatic heterocycles. The van der Waals surface area contributed by atoms with Crippen molar-refractivity contribution < 1.29 is 4.74 Å². The number of anilines is 1. The molecule has 104 valence electrons. The fourth-order valence-corrected chi connectivity index (χ4v) is 2.23. The summed E-state index contributed by atoms with van der Waals surface area (Å²) in [5.74, 6) is 0.519. The maximum Gasteiger partial charge on any atom is 0.202 e. The van der Waals surface area contributed by atoms with Crippen molar-refractivity contribution in [3.8, 4) is 0 Å². The molecule has 0 amide bonds. The zero-order valence-electron chi connectivity index (χ0n) is 11.3. The fourth-order valence-electron chi connectivity index (χ4n) is 1.92. The molecular formula is C13H19BrN4O. The Bertz CT molecular complexity index is 553. The van der Waals surface area contributed by atoms with Crippen LogP contribution in [0.1, 0.15) is 26.7 Å². The number of imidazole rings is 1. The summed E-state index contributed by atoms with van der Waals surface area (Å²) >= 11 is 3.38. The number of fused-ring (bicyclic) bond motifs is 1. The number of nitrogens with two attached hydrogens (primary N) is 1. The van der Waals surface area contributed by atoms with Gasteiger partial charge in [0.15, 0.2) is 5.65 Å². The highest BCUT2D eigenvalue weighted by Crippen LogP contribution is 2.20. The van der Waals surface area contributed by atoms with Crippen molar-refractivity contribution in [3.05, 3.63) is 16.7 Å². The van der Waals surface area contributed by atoms with E-state index >= 15 is 0 Å². The van der Waals surface area contributed by atoms with E-state index in [0.717, 1.165) is 41.6 Å². The molecule has 0 saturated carbocycles. The van der Waals surface area contributed by atoms with Crippen molar-refractivity contribution in [1.82, 2.24) is 14.5 Å². The van der Waals surface area contributed by atoms with Gasteiger partial charge in [-0.3, -0.25) is 4.57 Å². The largest absolute Gasteiger partial charge is 0.379 e. The summed E-state index contributed by atoms with van der Waals surface area (Å²) in [6, 6.07) is 1.93. The van der Waals surface area contributed by atoms with E-state index in [1.54, 1.807) is 6.20 Å². The number of unbranched alkanes of at least 4 members (excludes halogenated alkanes) is 1. The molecule has 0 aromatic carbocycles. The zero-order valence-corrected chi connectivity index (χ0v) is 12.9. The molecular weight excluding hydrogens is 308 g/mol. The van der Waals surface area contributed by atoms with Crippen LogP contribution in [0.4, 0.5) is 5.95 Å². The third kappa shape index (κ3) is 3.67. The molecule has 0 unspecified atom stereocenters. The molecule has 0 atom stereocenters. The molecule has 5 nitrogen and oxygen atoms in total. The fraction of sp³-hybridized carbons (Fsp3) is 0.538. The summed E-state index contributed by atoms with van der Waals surface area (Å²) in [5.41, 5.74) is 7.59. The van der Waals surface area contributed by atoms with Crippen LogP contribution in [0.15, 0.2) is 16.7 Å². The topological polar surface area (TPSA) is 66.0 Å². The number of aromatic nitrogens is 3. The minimum atomic E-state index is 0.290. The Balaban J connectivity index is 1.98. The lowest BCUT2D eigenvalue weighted by Crippen LogP contribution is -2.07. The Morgan fingerprint density at radius 2 is 2.21 bits per heavy atom. The average molecular weight is 327 g/mol. The number of hydrogen-bond acceptors (Lipinski definition) is 4. The van der Waals surface area contributed by atoms with E-state index in [1.807, 2.05) is 24.5 Å². The van der Waals surface area contributed by atoms with Crippen LogP contribution in [0.3, 0.4) is 0 Å². The van der Waals surface area contributed by atoms with Gasteiger partial charge < -0.3 is 10.5 Å². The van der Waals surface area contributed by atoms with E-state index in [2.05, 4.69) is 25.9 Å². The predicted octanol–water partition coefficient (Wildman–Crippen LogP) is 2.98. The molecule has 6 heteroatoms. The van der Waals surface area contributed by atoms with Crippen LogP contribution in [0.2, 0.25) is 0 Å². The number of ether oxygens (including phenoxy) is 1. The molecule has 0 aliphatic rings. The van der Waals surface area contributed by atoms with Gasteiger partial charge in [-0.25, -0.2) is 9.97 Å². The van der Waals surface area contributed by atoms with Gasteiger partial charge in [-0.05, 0) is 48.7 Å². The number of hydrogen-bond donors (Lipinski definition) is 1. The summed E-state index contributed by atoms with van der Waals surface area (Å²) in [6.07, 6.45) is 4.06. The number of aryl methyl sites for hydroxylation is 1. The van der Waals surface area contributed by atoms with Crippen molar-refractivity contribution in [2.75, 3.05) is 12.3 Å². The summed E-state index contributed by atoms with van der Waals surface area (Å²) in [5, 5.41) is 0. The number of rotatable bonds is 6. The van der Waals surface area contributed by atoms with Crippen molar-refractivity contribution in [3.63, 3.8) is 0 Å².